The molecule has 0 spiro atoms. The smallest absolute Gasteiger partial charge is 0.0853 e. The summed E-state index contributed by atoms with van der Waals surface area (Å²) >= 11 is 0. The predicted molar refractivity (Wildman–Crippen MR) is 24.3 cm³/mol. The fourth-order valence-corrected chi connectivity index (χ4v) is 0. The molecule has 0 unspecified atom stereocenters. The highest BCUT2D eigenvalue weighted by Gasteiger charge is 1.65. The summed E-state index contributed by atoms with van der Waals surface area (Å²) in [6.45, 7) is 5.26. The highest BCUT2D eigenvalue weighted by Crippen LogP contribution is 1.80. The Labute approximate surface area is 37.0 Å². The van der Waals surface area contributed by atoms with Gasteiger partial charge in [0.1, 0.15) is 0 Å². The van der Waals surface area contributed by atoms with Crippen molar-refractivity contribution in [1.82, 2.24) is 0 Å². The van der Waals surface area contributed by atoms with Crippen molar-refractivity contribution < 1.29 is 9.44 Å². The van der Waals surface area contributed by atoms with Crippen molar-refractivity contribution in [3.8, 4) is 0 Å². The Balaban J connectivity index is 0. The molecular formula is C4H9FO. The molecular weight excluding hydrogens is 83.0 g/mol. The molecule has 0 aromatic carbocycles. The van der Waals surface area contributed by atoms with Gasteiger partial charge in [-0.05, 0) is 6.92 Å². The Morgan fingerprint density at radius 1 is 1.67 bits per heavy atom. The lowest BCUT2D eigenvalue weighted by Gasteiger charge is -1.88. The molecule has 1 nitrogen and oxygen atoms in total. The van der Waals surface area contributed by atoms with Gasteiger partial charge in [-0.25, -0.2) is 0 Å². The van der Waals surface area contributed by atoms with Gasteiger partial charge in [0.25, 0.3) is 0 Å². The molecule has 0 aromatic rings. The third-order valence-corrected chi connectivity index (χ3v) is 0.348. The monoisotopic (exact) mass is 92.1 g/mol. The number of hydrogen-bond acceptors (Lipinski definition) is 1. The van der Waals surface area contributed by atoms with Crippen LogP contribution in [0.2, 0.25) is 0 Å². The molecule has 0 fully saturated rings. The first-order valence-corrected chi connectivity index (χ1v) is 1.47. The summed E-state index contributed by atoms with van der Waals surface area (Å²) in [4.78, 5) is 0. The van der Waals surface area contributed by atoms with E-state index in [1.807, 2.05) is 0 Å². The molecule has 2 heteroatoms. The maximum atomic E-state index is 4.56. The van der Waals surface area contributed by atoms with Gasteiger partial charge in [0.2, 0.25) is 0 Å². The highest BCUT2D eigenvalue weighted by molar-refractivity contribution is 4.71. The SMILES string of the molecule is C=C(C)OC.F. The third-order valence-electron chi connectivity index (χ3n) is 0.348. The second kappa shape index (κ2) is 4.47. The van der Waals surface area contributed by atoms with Crippen LogP contribution in [0.5, 0.6) is 0 Å². The van der Waals surface area contributed by atoms with Crippen molar-refractivity contribution in [2.24, 2.45) is 0 Å². The van der Waals surface area contributed by atoms with Crippen LogP contribution in [0.4, 0.5) is 4.70 Å². The van der Waals surface area contributed by atoms with E-state index in [1.165, 1.54) is 0 Å². The van der Waals surface area contributed by atoms with Crippen LogP contribution in [0, 0.1) is 0 Å². The average Bonchev–Trinajstić information content (AvgIpc) is 1.38. The van der Waals surface area contributed by atoms with E-state index in [-0.39, 0.29) is 4.70 Å². The maximum Gasteiger partial charge on any atom is 0.0853 e. The van der Waals surface area contributed by atoms with Crippen molar-refractivity contribution in [3.05, 3.63) is 12.3 Å². The molecule has 0 aromatic heterocycles. The zero-order chi connectivity index (χ0) is 4.28. The van der Waals surface area contributed by atoms with Crippen molar-refractivity contribution in [1.29, 1.82) is 0 Å². The van der Waals surface area contributed by atoms with Gasteiger partial charge in [0.05, 0.1) is 12.9 Å². The topological polar surface area (TPSA) is 9.23 Å². The molecule has 6 heavy (non-hydrogen) atoms. The fourth-order valence-electron chi connectivity index (χ4n) is 0. The number of halogens is 1. The zero-order valence-electron chi connectivity index (χ0n) is 4.02. The van der Waals surface area contributed by atoms with Gasteiger partial charge in [-0.1, -0.05) is 6.58 Å². The Hall–Kier alpha value is -0.530. The summed E-state index contributed by atoms with van der Waals surface area (Å²) in [6.07, 6.45) is 0. The fraction of sp³-hybridized carbons (Fsp3) is 0.500. The Morgan fingerprint density at radius 3 is 1.83 bits per heavy atom. The van der Waals surface area contributed by atoms with Crippen LogP contribution in [-0.4, -0.2) is 7.11 Å². The quantitative estimate of drug-likeness (QED) is 0.443. The molecule has 0 amide bonds. The lowest BCUT2D eigenvalue weighted by atomic mass is 10.7. The second-order valence-corrected chi connectivity index (χ2v) is 0.906. The van der Waals surface area contributed by atoms with E-state index in [1.54, 1.807) is 14.0 Å². The normalized spacial score (nSPS) is 5.67. The number of methoxy groups -OCH3 is 1. The molecule has 38 valence electrons. The number of ether oxygens (including phenoxy) is 1. The van der Waals surface area contributed by atoms with Gasteiger partial charge >= 0.3 is 0 Å². The summed E-state index contributed by atoms with van der Waals surface area (Å²) in [5.74, 6) is 0.755. The molecule has 0 saturated carbocycles. The lowest BCUT2D eigenvalue weighted by molar-refractivity contribution is 0.295. The van der Waals surface area contributed by atoms with Crippen LogP contribution >= 0.6 is 0 Å². The van der Waals surface area contributed by atoms with Crippen LogP contribution in [0.1, 0.15) is 6.92 Å². The number of rotatable bonds is 1. The molecule has 0 aliphatic rings. The van der Waals surface area contributed by atoms with Crippen molar-refractivity contribution >= 4 is 0 Å². The van der Waals surface area contributed by atoms with E-state index < -0.39 is 0 Å². The van der Waals surface area contributed by atoms with E-state index in [4.69, 9.17) is 0 Å². The second-order valence-electron chi connectivity index (χ2n) is 0.906. The van der Waals surface area contributed by atoms with Crippen LogP contribution in [0.25, 0.3) is 0 Å². The third kappa shape index (κ3) is 9.80. The van der Waals surface area contributed by atoms with Gasteiger partial charge in [-0.15, -0.1) is 0 Å². The summed E-state index contributed by atoms with van der Waals surface area (Å²) < 4.78 is 4.56. The van der Waals surface area contributed by atoms with E-state index >= 15 is 0 Å². The van der Waals surface area contributed by atoms with Crippen molar-refractivity contribution in [2.45, 2.75) is 6.92 Å². The first kappa shape index (κ1) is 9.08. The maximum absolute atomic E-state index is 4.56. The molecule has 0 aliphatic carbocycles. The summed E-state index contributed by atoms with van der Waals surface area (Å²) in [6, 6.07) is 0. The van der Waals surface area contributed by atoms with Gasteiger partial charge in [0.15, 0.2) is 0 Å². The first-order valence-electron chi connectivity index (χ1n) is 1.47. The Bertz CT molecular complexity index is 42.8. The largest absolute Gasteiger partial charge is 0.502 e. The van der Waals surface area contributed by atoms with E-state index in [2.05, 4.69) is 11.3 Å². The minimum atomic E-state index is 0. The van der Waals surface area contributed by atoms with Crippen LogP contribution < -0.4 is 0 Å². The number of allylic oxidation sites excluding steroid dienone is 1. The number of hydrogen-bond donors (Lipinski definition) is 0. The molecule has 0 heterocycles. The molecule has 0 radical (unpaired) electrons. The van der Waals surface area contributed by atoms with Gasteiger partial charge in [0, 0.05) is 0 Å². The highest BCUT2D eigenvalue weighted by atomic mass is 19.0. The Kier molecular flexibility index (Phi) is 6.76. The molecule has 0 saturated heterocycles. The van der Waals surface area contributed by atoms with E-state index in [0.29, 0.717) is 0 Å². The van der Waals surface area contributed by atoms with Gasteiger partial charge in [-0.3, -0.25) is 4.70 Å². The van der Waals surface area contributed by atoms with Crippen LogP contribution in [-0.2, 0) is 4.74 Å². The standard InChI is InChI=1S/C4H8O.FH/c1-4(2)5-3;/h1H2,2-3H3;1H. The Morgan fingerprint density at radius 2 is 1.83 bits per heavy atom. The van der Waals surface area contributed by atoms with Gasteiger partial charge in [-0.2, -0.15) is 0 Å². The van der Waals surface area contributed by atoms with Crippen LogP contribution in [0.15, 0.2) is 12.3 Å². The lowest BCUT2D eigenvalue weighted by Crippen LogP contribution is -1.70. The molecule has 0 rings (SSSR count). The van der Waals surface area contributed by atoms with Crippen LogP contribution in [0.3, 0.4) is 0 Å². The van der Waals surface area contributed by atoms with Gasteiger partial charge < -0.3 is 4.74 Å². The van der Waals surface area contributed by atoms with Crippen molar-refractivity contribution in [2.75, 3.05) is 7.11 Å². The zero-order valence-corrected chi connectivity index (χ0v) is 4.02. The summed E-state index contributed by atoms with van der Waals surface area (Å²) in [5, 5.41) is 0. The molecule has 0 atom stereocenters. The van der Waals surface area contributed by atoms with E-state index in [0.717, 1.165) is 5.76 Å². The minimum Gasteiger partial charge on any atom is -0.502 e. The summed E-state index contributed by atoms with van der Waals surface area (Å²) in [7, 11) is 1.60. The minimum absolute atomic E-state index is 0. The summed E-state index contributed by atoms with van der Waals surface area (Å²) in [5.41, 5.74) is 0. The van der Waals surface area contributed by atoms with E-state index in [9.17, 15) is 0 Å². The van der Waals surface area contributed by atoms with Crippen molar-refractivity contribution in [3.63, 3.8) is 0 Å². The molecule has 0 N–H and O–H groups in total. The first-order chi connectivity index (χ1) is 2.27. The molecule has 0 bridgehead atoms. The average molecular weight is 92.1 g/mol. The molecule has 0 aliphatic heterocycles. The predicted octanol–water partition coefficient (Wildman–Crippen LogP) is 1.32.